The lowest BCUT2D eigenvalue weighted by molar-refractivity contribution is -0.174. The van der Waals surface area contributed by atoms with Crippen molar-refractivity contribution in [2.24, 2.45) is 17.4 Å². The molecule has 0 aliphatic carbocycles. The summed E-state index contributed by atoms with van der Waals surface area (Å²) in [6, 6.07) is 7.73. The molecule has 0 bridgehead atoms. The normalized spacial score (nSPS) is 13.9. The second-order valence-corrected chi connectivity index (χ2v) is 8.37. The highest BCUT2D eigenvalue weighted by molar-refractivity contribution is 5.95. The number of amides is 1. The number of hydrogen-bond acceptors (Lipinski definition) is 8. The van der Waals surface area contributed by atoms with E-state index in [9.17, 15) is 19.2 Å². The van der Waals surface area contributed by atoms with Crippen molar-refractivity contribution < 1.29 is 28.7 Å². The van der Waals surface area contributed by atoms with Crippen molar-refractivity contribution in [1.29, 1.82) is 0 Å². The van der Waals surface area contributed by atoms with Crippen LogP contribution >= 0.6 is 0 Å². The van der Waals surface area contributed by atoms with E-state index in [-0.39, 0.29) is 18.9 Å². The zero-order chi connectivity index (χ0) is 25.0. The van der Waals surface area contributed by atoms with Crippen LogP contribution in [0.1, 0.15) is 58.9 Å². The Hall–Kier alpha value is -2.78. The van der Waals surface area contributed by atoms with Crippen molar-refractivity contribution in [2.75, 3.05) is 13.1 Å². The molecule has 184 valence electrons. The van der Waals surface area contributed by atoms with Gasteiger partial charge in [-0.15, -0.1) is 0 Å². The number of ether oxygens (including phenoxy) is 2. The summed E-state index contributed by atoms with van der Waals surface area (Å²) in [7, 11) is 0. The number of benzene rings is 1. The van der Waals surface area contributed by atoms with Crippen LogP contribution in [-0.4, -0.2) is 53.4 Å². The van der Waals surface area contributed by atoms with Gasteiger partial charge >= 0.3 is 17.9 Å². The molecule has 0 saturated carbocycles. The topological polar surface area (TPSA) is 142 Å². The highest BCUT2D eigenvalue weighted by atomic mass is 16.6. The lowest BCUT2D eigenvalue weighted by atomic mass is 9.80. The van der Waals surface area contributed by atoms with Gasteiger partial charge in [0.1, 0.15) is 18.2 Å². The van der Waals surface area contributed by atoms with E-state index in [0.717, 1.165) is 18.4 Å². The average molecular weight is 464 g/mol. The number of carbonyl (C=O) groups excluding carboxylic acids is 4. The second kappa shape index (κ2) is 13.7. The Labute approximate surface area is 195 Å². The standard InChI is InChI=1S/C24H37N3O6/c1-5-12-27(13-6-2)24(17(3)4,15-20(26)28)23(31)33-21(29)14-19(25)22(30)32-16-18-10-8-7-9-11-18/h7-11,17,19H,5-6,12-16,25H2,1-4H3,(H2,26,28). The molecule has 1 rings (SSSR count). The predicted octanol–water partition coefficient (Wildman–Crippen LogP) is 1.91. The number of rotatable bonds is 14. The molecule has 2 atom stereocenters. The minimum Gasteiger partial charge on any atom is -0.460 e. The molecule has 1 amide bonds. The molecule has 2 unspecified atom stereocenters. The van der Waals surface area contributed by atoms with Crippen LogP contribution in [0.15, 0.2) is 30.3 Å². The number of nitrogens with zero attached hydrogens (tertiary/aromatic N) is 1. The van der Waals surface area contributed by atoms with Crippen LogP contribution in [0.4, 0.5) is 0 Å². The van der Waals surface area contributed by atoms with Gasteiger partial charge in [0.15, 0.2) is 0 Å². The molecule has 0 aliphatic rings. The SMILES string of the molecule is CCCN(CCC)C(CC(N)=O)(C(=O)OC(=O)CC(N)C(=O)OCc1ccccc1)C(C)C. The van der Waals surface area contributed by atoms with Gasteiger partial charge in [-0.3, -0.25) is 19.3 Å². The summed E-state index contributed by atoms with van der Waals surface area (Å²) >= 11 is 0. The maximum atomic E-state index is 13.3. The Balaban J connectivity index is 2.90. The highest BCUT2D eigenvalue weighted by Gasteiger charge is 2.49. The summed E-state index contributed by atoms with van der Waals surface area (Å²) < 4.78 is 10.3. The Morgan fingerprint density at radius 3 is 2.09 bits per heavy atom. The molecule has 9 nitrogen and oxygen atoms in total. The van der Waals surface area contributed by atoms with Gasteiger partial charge in [-0.25, -0.2) is 4.79 Å². The van der Waals surface area contributed by atoms with Gasteiger partial charge in [-0.05, 0) is 37.4 Å². The van der Waals surface area contributed by atoms with Crippen molar-refractivity contribution in [3.8, 4) is 0 Å². The molecule has 0 spiro atoms. The molecule has 0 radical (unpaired) electrons. The minimum atomic E-state index is -1.40. The zero-order valence-electron chi connectivity index (χ0n) is 20.0. The molecule has 4 N–H and O–H groups in total. The first-order valence-corrected chi connectivity index (χ1v) is 11.3. The van der Waals surface area contributed by atoms with E-state index in [1.165, 1.54) is 0 Å². The van der Waals surface area contributed by atoms with Crippen molar-refractivity contribution in [2.45, 2.75) is 71.6 Å². The van der Waals surface area contributed by atoms with E-state index >= 15 is 0 Å². The first kappa shape index (κ1) is 28.3. The third-order valence-electron chi connectivity index (χ3n) is 5.42. The Kier molecular flexibility index (Phi) is 11.7. The third kappa shape index (κ3) is 8.25. The fourth-order valence-corrected chi connectivity index (χ4v) is 3.77. The first-order chi connectivity index (χ1) is 15.6. The van der Waals surface area contributed by atoms with E-state index in [0.29, 0.717) is 13.1 Å². The smallest absolute Gasteiger partial charge is 0.335 e. The maximum absolute atomic E-state index is 13.3. The van der Waals surface area contributed by atoms with Gasteiger partial charge in [-0.2, -0.15) is 0 Å². The van der Waals surface area contributed by atoms with E-state index < -0.39 is 41.8 Å². The molecule has 0 saturated heterocycles. The number of primary amides is 1. The second-order valence-electron chi connectivity index (χ2n) is 8.37. The molecular weight excluding hydrogens is 426 g/mol. The first-order valence-electron chi connectivity index (χ1n) is 11.3. The van der Waals surface area contributed by atoms with Gasteiger partial charge in [-0.1, -0.05) is 58.0 Å². The van der Waals surface area contributed by atoms with Gasteiger partial charge in [0, 0.05) is 0 Å². The van der Waals surface area contributed by atoms with Gasteiger partial charge in [0.2, 0.25) is 5.91 Å². The van der Waals surface area contributed by atoms with Crippen LogP contribution in [0.25, 0.3) is 0 Å². The Morgan fingerprint density at radius 2 is 1.61 bits per heavy atom. The summed E-state index contributed by atoms with van der Waals surface area (Å²) in [6.45, 7) is 8.52. The highest BCUT2D eigenvalue weighted by Crippen LogP contribution is 2.31. The van der Waals surface area contributed by atoms with Crippen LogP contribution in [0, 0.1) is 5.92 Å². The minimum absolute atomic E-state index is 0.0133. The molecule has 0 aliphatic heterocycles. The summed E-state index contributed by atoms with van der Waals surface area (Å²) in [5, 5.41) is 0. The van der Waals surface area contributed by atoms with Crippen molar-refractivity contribution in [1.82, 2.24) is 4.90 Å². The van der Waals surface area contributed by atoms with Crippen LogP contribution in [-0.2, 0) is 35.3 Å². The molecule has 0 heterocycles. The average Bonchev–Trinajstić information content (AvgIpc) is 2.75. The monoisotopic (exact) mass is 463 g/mol. The molecule has 1 aromatic carbocycles. The number of hydrogen-bond donors (Lipinski definition) is 2. The predicted molar refractivity (Wildman–Crippen MR) is 123 cm³/mol. The van der Waals surface area contributed by atoms with Crippen LogP contribution in [0.3, 0.4) is 0 Å². The van der Waals surface area contributed by atoms with E-state index in [1.54, 1.807) is 38.1 Å². The Morgan fingerprint density at radius 1 is 1.03 bits per heavy atom. The lowest BCUT2D eigenvalue weighted by Crippen LogP contribution is -2.61. The summed E-state index contributed by atoms with van der Waals surface area (Å²) in [5.74, 6) is -3.66. The van der Waals surface area contributed by atoms with Crippen molar-refractivity contribution >= 4 is 23.8 Å². The van der Waals surface area contributed by atoms with Crippen molar-refractivity contribution in [3.63, 3.8) is 0 Å². The van der Waals surface area contributed by atoms with Crippen LogP contribution in [0.2, 0.25) is 0 Å². The molecule has 33 heavy (non-hydrogen) atoms. The third-order valence-corrected chi connectivity index (χ3v) is 5.42. The number of esters is 3. The fraction of sp³-hybridized carbons (Fsp3) is 0.583. The van der Waals surface area contributed by atoms with E-state index in [1.807, 2.05) is 24.8 Å². The summed E-state index contributed by atoms with van der Waals surface area (Å²) in [4.78, 5) is 51.6. The molecule has 0 fully saturated rings. The molecule has 1 aromatic rings. The van der Waals surface area contributed by atoms with Crippen LogP contribution < -0.4 is 11.5 Å². The maximum Gasteiger partial charge on any atom is 0.335 e. The van der Waals surface area contributed by atoms with Gasteiger partial charge < -0.3 is 20.9 Å². The van der Waals surface area contributed by atoms with Crippen LogP contribution in [0.5, 0.6) is 0 Å². The fourth-order valence-electron chi connectivity index (χ4n) is 3.77. The zero-order valence-corrected chi connectivity index (χ0v) is 20.0. The Bertz CT molecular complexity index is 793. The quantitative estimate of drug-likeness (QED) is 0.315. The number of nitrogens with two attached hydrogens (primary N) is 2. The van der Waals surface area contributed by atoms with E-state index in [4.69, 9.17) is 20.9 Å². The van der Waals surface area contributed by atoms with Gasteiger partial charge in [0.05, 0.1) is 12.8 Å². The molecule has 9 heteroatoms. The number of carbonyl (C=O) groups is 4. The lowest BCUT2D eigenvalue weighted by Gasteiger charge is -2.43. The summed E-state index contributed by atoms with van der Waals surface area (Å²) in [5.41, 5.74) is 10.6. The summed E-state index contributed by atoms with van der Waals surface area (Å²) in [6.07, 6.45) is 0.632. The largest absolute Gasteiger partial charge is 0.460 e. The molecular formula is C24H37N3O6. The molecule has 0 aromatic heterocycles. The van der Waals surface area contributed by atoms with Gasteiger partial charge in [0.25, 0.3) is 0 Å². The van der Waals surface area contributed by atoms with E-state index in [2.05, 4.69) is 0 Å². The van der Waals surface area contributed by atoms with Crippen molar-refractivity contribution in [3.05, 3.63) is 35.9 Å².